The van der Waals surface area contributed by atoms with E-state index in [0.717, 1.165) is 17.0 Å². The highest BCUT2D eigenvalue weighted by molar-refractivity contribution is 6.37. The van der Waals surface area contributed by atoms with E-state index >= 15 is 0 Å². The van der Waals surface area contributed by atoms with Gasteiger partial charge in [-0.05, 0) is 48.9 Å². The number of anilines is 1. The molecule has 0 saturated heterocycles. The summed E-state index contributed by atoms with van der Waals surface area (Å²) in [6.07, 6.45) is 0. The lowest BCUT2D eigenvalue weighted by molar-refractivity contribution is 0.340. The predicted molar refractivity (Wildman–Crippen MR) is 88.0 cm³/mol. The van der Waals surface area contributed by atoms with Crippen molar-refractivity contribution < 1.29 is 9.47 Å². The van der Waals surface area contributed by atoms with Crippen LogP contribution >= 0.6 is 23.2 Å². The van der Waals surface area contributed by atoms with Gasteiger partial charge in [-0.3, -0.25) is 0 Å². The molecule has 2 aromatic rings. The Kier molecular flexibility index (Phi) is 5.59. The van der Waals surface area contributed by atoms with E-state index in [0.29, 0.717) is 28.9 Å². The van der Waals surface area contributed by atoms with Crippen LogP contribution in [-0.2, 0) is 6.54 Å². The second kappa shape index (κ2) is 7.43. The highest BCUT2D eigenvalue weighted by atomic mass is 35.5. The van der Waals surface area contributed by atoms with Gasteiger partial charge in [0.05, 0.1) is 23.8 Å². The number of methoxy groups -OCH3 is 1. The first kappa shape index (κ1) is 15.8. The van der Waals surface area contributed by atoms with Gasteiger partial charge < -0.3 is 14.8 Å². The summed E-state index contributed by atoms with van der Waals surface area (Å²) < 4.78 is 10.5. The minimum absolute atomic E-state index is 0.524. The fourth-order valence-electron chi connectivity index (χ4n) is 1.91. The Morgan fingerprint density at radius 1 is 1.05 bits per heavy atom. The molecule has 0 saturated carbocycles. The number of rotatable bonds is 6. The zero-order valence-corrected chi connectivity index (χ0v) is 13.5. The Hall–Kier alpha value is -1.58. The average Bonchev–Trinajstić information content (AvgIpc) is 2.49. The van der Waals surface area contributed by atoms with E-state index in [1.165, 1.54) is 0 Å². The van der Waals surface area contributed by atoms with Gasteiger partial charge in [0, 0.05) is 12.2 Å². The van der Waals surface area contributed by atoms with Crippen LogP contribution in [0, 0.1) is 0 Å². The van der Waals surface area contributed by atoms with E-state index in [-0.39, 0.29) is 0 Å². The van der Waals surface area contributed by atoms with Gasteiger partial charge in [0.2, 0.25) is 0 Å². The highest BCUT2D eigenvalue weighted by Gasteiger charge is 2.09. The molecule has 0 aromatic heterocycles. The smallest absolute Gasteiger partial charge is 0.156 e. The number of hydrogen-bond acceptors (Lipinski definition) is 3. The second-order valence-electron chi connectivity index (χ2n) is 4.40. The molecular formula is C16H17Cl2NO2. The van der Waals surface area contributed by atoms with Crippen LogP contribution in [0.25, 0.3) is 0 Å². The number of hydrogen-bond donors (Lipinski definition) is 1. The van der Waals surface area contributed by atoms with Gasteiger partial charge in [-0.15, -0.1) is 0 Å². The standard InChI is InChI=1S/C16H17Cl2NO2/c1-3-21-16-14(17)8-11(9-15(16)18)10-19-12-4-6-13(20-2)7-5-12/h4-9,19H,3,10H2,1-2H3. The minimum atomic E-state index is 0.524. The number of ether oxygens (including phenoxy) is 2. The normalized spacial score (nSPS) is 10.3. The first-order valence-corrected chi connectivity index (χ1v) is 7.38. The molecule has 0 bridgehead atoms. The lowest BCUT2D eigenvalue weighted by Gasteiger charge is -2.12. The highest BCUT2D eigenvalue weighted by Crippen LogP contribution is 2.34. The molecule has 21 heavy (non-hydrogen) atoms. The Bertz CT molecular complexity index is 577. The molecule has 0 spiro atoms. The van der Waals surface area contributed by atoms with Crippen molar-refractivity contribution in [3.05, 3.63) is 52.0 Å². The van der Waals surface area contributed by atoms with Crippen molar-refractivity contribution in [2.45, 2.75) is 13.5 Å². The summed E-state index contributed by atoms with van der Waals surface area (Å²) in [6.45, 7) is 3.05. The molecule has 3 nitrogen and oxygen atoms in total. The van der Waals surface area contributed by atoms with Crippen molar-refractivity contribution in [3.63, 3.8) is 0 Å². The Balaban J connectivity index is 2.05. The number of nitrogens with one attached hydrogen (secondary N) is 1. The number of halogens is 2. The summed E-state index contributed by atoms with van der Waals surface area (Å²) >= 11 is 12.4. The first-order chi connectivity index (χ1) is 10.1. The van der Waals surface area contributed by atoms with Crippen LogP contribution in [0.5, 0.6) is 11.5 Å². The molecule has 5 heteroatoms. The predicted octanol–water partition coefficient (Wildman–Crippen LogP) is 5.01. The van der Waals surface area contributed by atoms with E-state index in [1.807, 2.05) is 43.3 Å². The molecule has 0 unspecified atom stereocenters. The molecule has 0 aliphatic rings. The summed E-state index contributed by atoms with van der Waals surface area (Å²) in [5, 5.41) is 4.35. The van der Waals surface area contributed by atoms with Gasteiger partial charge >= 0.3 is 0 Å². The Morgan fingerprint density at radius 3 is 2.19 bits per heavy atom. The summed E-state index contributed by atoms with van der Waals surface area (Å²) in [5.41, 5.74) is 1.99. The molecule has 112 valence electrons. The summed E-state index contributed by atoms with van der Waals surface area (Å²) in [5.74, 6) is 1.36. The third kappa shape index (κ3) is 4.19. The largest absolute Gasteiger partial charge is 0.497 e. The maximum absolute atomic E-state index is 6.18. The Morgan fingerprint density at radius 2 is 1.67 bits per heavy atom. The molecule has 2 aromatic carbocycles. The monoisotopic (exact) mass is 325 g/mol. The van der Waals surface area contributed by atoms with E-state index in [2.05, 4.69) is 5.32 Å². The molecule has 1 N–H and O–H groups in total. The maximum atomic E-state index is 6.18. The maximum Gasteiger partial charge on any atom is 0.156 e. The molecular weight excluding hydrogens is 309 g/mol. The van der Waals surface area contributed by atoms with Gasteiger partial charge in [0.25, 0.3) is 0 Å². The summed E-state index contributed by atoms with van der Waals surface area (Å²) in [7, 11) is 1.65. The second-order valence-corrected chi connectivity index (χ2v) is 5.22. The van der Waals surface area contributed by atoms with Crippen LogP contribution in [0.4, 0.5) is 5.69 Å². The molecule has 0 atom stereocenters. The topological polar surface area (TPSA) is 30.5 Å². The van der Waals surface area contributed by atoms with E-state index in [4.69, 9.17) is 32.7 Å². The van der Waals surface area contributed by atoms with Crippen LogP contribution in [0.1, 0.15) is 12.5 Å². The van der Waals surface area contributed by atoms with Crippen LogP contribution in [0.2, 0.25) is 10.0 Å². The van der Waals surface area contributed by atoms with Crippen molar-refractivity contribution in [2.24, 2.45) is 0 Å². The molecule has 0 fully saturated rings. The van der Waals surface area contributed by atoms with Gasteiger partial charge in [-0.25, -0.2) is 0 Å². The van der Waals surface area contributed by atoms with Crippen molar-refractivity contribution in [1.82, 2.24) is 0 Å². The fraction of sp³-hybridized carbons (Fsp3) is 0.250. The van der Waals surface area contributed by atoms with Crippen LogP contribution in [0.3, 0.4) is 0 Å². The van der Waals surface area contributed by atoms with Gasteiger partial charge in [-0.2, -0.15) is 0 Å². The van der Waals surface area contributed by atoms with E-state index < -0.39 is 0 Å². The van der Waals surface area contributed by atoms with Gasteiger partial charge in [0.15, 0.2) is 5.75 Å². The lowest BCUT2D eigenvalue weighted by atomic mass is 10.2. The lowest BCUT2D eigenvalue weighted by Crippen LogP contribution is -2.01. The summed E-state index contributed by atoms with van der Waals surface area (Å²) in [6, 6.07) is 11.4. The molecule has 0 radical (unpaired) electrons. The first-order valence-electron chi connectivity index (χ1n) is 6.62. The van der Waals surface area contributed by atoms with Gasteiger partial charge in [-0.1, -0.05) is 23.2 Å². The van der Waals surface area contributed by atoms with Crippen LogP contribution in [-0.4, -0.2) is 13.7 Å². The zero-order valence-electron chi connectivity index (χ0n) is 12.0. The molecule has 0 aliphatic heterocycles. The van der Waals surface area contributed by atoms with E-state index in [9.17, 15) is 0 Å². The average molecular weight is 326 g/mol. The van der Waals surface area contributed by atoms with Crippen molar-refractivity contribution in [3.8, 4) is 11.5 Å². The van der Waals surface area contributed by atoms with Crippen LogP contribution < -0.4 is 14.8 Å². The van der Waals surface area contributed by atoms with E-state index in [1.54, 1.807) is 7.11 Å². The third-order valence-electron chi connectivity index (χ3n) is 2.93. The zero-order chi connectivity index (χ0) is 15.2. The molecule has 0 heterocycles. The Labute approximate surface area is 134 Å². The quantitative estimate of drug-likeness (QED) is 0.809. The van der Waals surface area contributed by atoms with Crippen LogP contribution in [0.15, 0.2) is 36.4 Å². The summed E-state index contributed by atoms with van der Waals surface area (Å²) in [4.78, 5) is 0. The fourth-order valence-corrected chi connectivity index (χ4v) is 2.55. The molecule has 2 rings (SSSR count). The third-order valence-corrected chi connectivity index (χ3v) is 3.49. The van der Waals surface area contributed by atoms with Crippen molar-refractivity contribution in [1.29, 1.82) is 0 Å². The van der Waals surface area contributed by atoms with Gasteiger partial charge in [0.1, 0.15) is 5.75 Å². The molecule has 0 amide bonds. The number of benzene rings is 2. The van der Waals surface area contributed by atoms with Crippen molar-refractivity contribution in [2.75, 3.05) is 19.0 Å². The minimum Gasteiger partial charge on any atom is -0.497 e. The molecule has 0 aliphatic carbocycles. The van der Waals surface area contributed by atoms with Crippen molar-refractivity contribution >= 4 is 28.9 Å². The SMILES string of the molecule is CCOc1c(Cl)cc(CNc2ccc(OC)cc2)cc1Cl.